The normalized spacial score (nSPS) is 12.2. The fourth-order valence-corrected chi connectivity index (χ4v) is 1.95. The highest BCUT2D eigenvalue weighted by atomic mass is 79.9. The highest BCUT2D eigenvalue weighted by Crippen LogP contribution is 2.10. The van der Waals surface area contributed by atoms with Crippen LogP contribution in [0.15, 0.2) is 18.2 Å². The Kier molecular flexibility index (Phi) is 6.33. The summed E-state index contributed by atoms with van der Waals surface area (Å²) in [5.41, 5.74) is 0.935. The number of hydrogen-bond acceptors (Lipinski definition) is 1. The lowest BCUT2D eigenvalue weighted by molar-refractivity contribution is 0.0948. The summed E-state index contributed by atoms with van der Waals surface area (Å²) in [6.45, 7) is 4.53. The lowest BCUT2D eigenvalue weighted by atomic mass is 10.1. The van der Waals surface area contributed by atoms with E-state index in [9.17, 15) is 9.18 Å². The number of carbonyl (C=O) groups excluding carboxylic acids is 1. The van der Waals surface area contributed by atoms with Gasteiger partial charge in [-0.05, 0) is 43.4 Å². The largest absolute Gasteiger partial charge is 0.352 e. The number of aryl methyl sites for hydroxylation is 1. The molecule has 2 nitrogen and oxygen atoms in total. The van der Waals surface area contributed by atoms with E-state index in [2.05, 4.69) is 28.2 Å². The number of carbonyl (C=O) groups is 1. The monoisotopic (exact) mass is 315 g/mol. The van der Waals surface area contributed by atoms with E-state index >= 15 is 0 Å². The topological polar surface area (TPSA) is 29.1 Å². The van der Waals surface area contributed by atoms with Crippen LogP contribution in [0.5, 0.6) is 0 Å². The van der Waals surface area contributed by atoms with Crippen molar-refractivity contribution >= 4 is 21.8 Å². The van der Waals surface area contributed by atoms with Gasteiger partial charge in [-0.15, -0.1) is 0 Å². The minimum Gasteiger partial charge on any atom is -0.352 e. The van der Waals surface area contributed by atoms with Gasteiger partial charge in [-0.2, -0.15) is 0 Å². The van der Waals surface area contributed by atoms with Crippen LogP contribution in [-0.2, 0) is 0 Å². The fourth-order valence-electron chi connectivity index (χ4n) is 1.63. The molecule has 0 heterocycles. The zero-order valence-electron chi connectivity index (χ0n) is 10.8. The van der Waals surface area contributed by atoms with E-state index in [1.54, 1.807) is 13.0 Å². The Bertz CT molecular complexity index is 409. The van der Waals surface area contributed by atoms with Gasteiger partial charge in [-0.1, -0.05) is 28.9 Å². The molecule has 1 N–H and O–H groups in total. The predicted octanol–water partition coefficient (Wildman–Crippen LogP) is 3.68. The SMILES string of the molecule is Cc1ccc(C(=O)NCCCC(C)CBr)c(F)c1. The number of nitrogens with one attached hydrogen (secondary N) is 1. The Morgan fingerprint density at radius 3 is 2.83 bits per heavy atom. The summed E-state index contributed by atoms with van der Waals surface area (Å²) < 4.78 is 13.5. The van der Waals surface area contributed by atoms with Gasteiger partial charge in [-0.25, -0.2) is 4.39 Å². The minimum atomic E-state index is -0.457. The summed E-state index contributed by atoms with van der Waals surface area (Å²) >= 11 is 3.41. The summed E-state index contributed by atoms with van der Waals surface area (Å²) in [7, 11) is 0. The maximum atomic E-state index is 13.5. The maximum Gasteiger partial charge on any atom is 0.254 e. The van der Waals surface area contributed by atoms with Crippen molar-refractivity contribution < 1.29 is 9.18 Å². The van der Waals surface area contributed by atoms with Crippen LogP contribution < -0.4 is 5.32 Å². The average molecular weight is 316 g/mol. The smallest absolute Gasteiger partial charge is 0.254 e. The summed E-state index contributed by atoms with van der Waals surface area (Å²) in [5, 5.41) is 3.71. The molecule has 0 spiro atoms. The molecule has 1 rings (SSSR count). The summed E-state index contributed by atoms with van der Waals surface area (Å²) in [4.78, 5) is 11.7. The molecule has 0 fully saturated rings. The van der Waals surface area contributed by atoms with E-state index in [4.69, 9.17) is 0 Å². The molecule has 1 aromatic rings. The van der Waals surface area contributed by atoms with Gasteiger partial charge in [0.05, 0.1) is 5.56 Å². The van der Waals surface area contributed by atoms with Crippen molar-refractivity contribution in [1.82, 2.24) is 5.32 Å². The molecule has 1 atom stereocenters. The van der Waals surface area contributed by atoms with Crippen molar-refractivity contribution in [3.8, 4) is 0 Å². The first-order valence-electron chi connectivity index (χ1n) is 6.15. The zero-order valence-corrected chi connectivity index (χ0v) is 12.4. The molecule has 0 aliphatic heterocycles. The molecule has 1 unspecified atom stereocenters. The third-order valence-corrected chi connectivity index (χ3v) is 3.90. The molecule has 0 aromatic heterocycles. The van der Waals surface area contributed by atoms with Crippen LogP contribution in [0.1, 0.15) is 35.7 Å². The number of rotatable bonds is 6. The predicted molar refractivity (Wildman–Crippen MR) is 75.7 cm³/mol. The Morgan fingerprint density at radius 2 is 2.22 bits per heavy atom. The maximum absolute atomic E-state index is 13.5. The van der Waals surface area contributed by atoms with Crippen LogP contribution in [0.4, 0.5) is 4.39 Å². The van der Waals surface area contributed by atoms with Crippen molar-refractivity contribution in [2.45, 2.75) is 26.7 Å². The number of alkyl halides is 1. The molecule has 0 radical (unpaired) electrons. The molecule has 4 heteroatoms. The second-order valence-corrected chi connectivity index (χ2v) is 5.29. The Labute approximate surface area is 116 Å². The summed E-state index contributed by atoms with van der Waals surface area (Å²) in [6.07, 6.45) is 1.95. The van der Waals surface area contributed by atoms with Crippen LogP contribution in [0.2, 0.25) is 0 Å². The highest BCUT2D eigenvalue weighted by Gasteiger charge is 2.10. The van der Waals surface area contributed by atoms with Gasteiger partial charge in [0.1, 0.15) is 5.82 Å². The molecule has 100 valence electrons. The van der Waals surface area contributed by atoms with E-state index < -0.39 is 5.82 Å². The number of hydrogen-bond donors (Lipinski definition) is 1. The number of benzene rings is 1. The summed E-state index contributed by atoms with van der Waals surface area (Å²) in [6, 6.07) is 4.65. The Balaban J connectivity index is 2.41. The first kappa shape index (κ1) is 15.2. The van der Waals surface area contributed by atoms with Gasteiger partial charge in [0.15, 0.2) is 0 Å². The third-order valence-electron chi connectivity index (χ3n) is 2.79. The van der Waals surface area contributed by atoms with Crippen LogP contribution in [0.3, 0.4) is 0 Å². The second kappa shape index (κ2) is 7.52. The van der Waals surface area contributed by atoms with Gasteiger partial charge in [0, 0.05) is 11.9 Å². The standard InChI is InChI=1S/C14H19BrFNO/c1-10-5-6-12(13(16)8-10)14(18)17-7-3-4-11(2)9-15/h5-6,8,11H,3-4,7,9H2,1-2H3,(H,17,18). The third kappa shape index (κ3) is 4.77. The van der Waals surface area contributed by atoms with Gasteiger partial charge in [0.2, 0.25) is 0 Å². The first-order valence-corrected chi connectivity index (χ1v) is 7.27. The zero-order chi connectivity index (χ0) is 13.5. The highest BCUT2D eigenvalue weighted by molar-refractivity contribution is 9.09. The van der Waals surface area contributed by atoms with Gasteiger partial charge < -0.3 is 5.32 Å². The van der Waals surface area contributed by atoms with Crippen LogP contribution >= 0.6 is 15.9 Å². The van der Waals surface area contributed by atoms with Crippen molar-refractivity contribution in [2.75, 3.05) is 11.9 Å². The van der Waals surface area contributed by atoms with Crippen molar-refractivity contribution in [2.24, 2.45) is 5.92 Å². The molecule has 0 saturated heterocycles. The Morgan fingerprint density at radius 1 is 1.50 bits per heavy atom. The van der Waals surface area contributed by atoms with E-state index in [-0.39, 0.29) is 11.5 Å². The van der Waals surface area contributed by atoms with Crippen molar-refractivity contribution in [1.29, 1.82) is 0 Å². The minimum absolute atomic E-state index is 0.120. The van der Waals surface area contributed by atoms with Gasteiger partial charge in [-0.3, -0.25) is 4.79 Å². The van der Waals surface area contributed by atoms with Crippen molar-refractivity contribution in [3.05, 3.63) is 35.1 Å². The average Bonchev–Trinajstić information content (AvgIpc) is 2.34. The molecule has 0 aliphatic rings. The molecule has 1 amide bonds. The molecular weight excluding hydrogens is 297 g/mol. The lowest BCUT2D eigenvalue weighted by Crippen LogP contribution is -2.25. The van der Waals surface area contributed by atoms with E-state index in [0.29, 0.717) is 12.5 Å². The number of amides is 1. The second-order valence-electron chi connectivity index (χ2n) is 4.64. The lowest BCUT2D eigenvalue weighted by Gasteiger charge is -2.09. The van der Waals surface area contributed by atoms with E-state index in [1.165, 1.54) is 12.1 Å². The van der Waals surface area contributed by atoms with Crippen molar-refractivity contribution in [3.63, 3.8) is 0 Å². The fraction of sp³-hybridized carbons (Fsp3) is 0.500. The number of halogens is 2. The van der Waals surface area contributed by atoms with Crippen LogP contribution in [-0.4, -0.2) is 17.8 Å². The van der Waals surface area contributed by atoms with Gasteiger partial charge in [0.25, 0.3) is 5.91 Å². The van der Waals surface area contributed by atoms with Gasteiger partial charge >= 0.3 is 0 Å². The quantitative estimate of drug-likeness (QED) is 0.629. The molecule has 0 bridgehead atoms. The first-order chi connectivity index (χ1) is 8.54. The molecule has 0 aliphatic carbocycles. The molecule has 1 aromatic carbocycles. The summed E-state index contributed by atoms with van der Waals surface area (Å²) in [5.74, 6) is -0.196. The molecule has 0 saturated carbocycles. The molecule has 18 heavy (non-hydrogen) atoms. The van der Waals surface area contributed by atoms with E-state index in [0.717, 1.165) is 23.7 Å². The van der Waals surface area contributed by atoms with E-state index in [1.807, 2.05) is 0 Å². The Hall–Kier alpha value is -0.900. The van der Waals surface area contributed by atoms with Crippen LogP contribution in [0.25, 0.3) is 0 Å². The van der Waals surface area contributed by atoms with Crippen LogP contribution in [0, 0.1) is 18.7 Å². The molecular formula is C14H19BrFNO.